The number of phenolic OH excluding ortho intramolecular Hbond substituents is 1. The van der Waals surface area contributed by atoms with Crippen LogP contribution in [-0.4, -0.2) is 10.1 Å². The minimum Gasteiger partial charge on any atom is -0.505 e. The number of halogens is 1. The fraction of sp³-hybridized carbons (Fsp3) is 0.214. The van der Waals surface area contributed by atoms with Gasteiger partial charge in [-0.05, 0) is 42.5 Å². The summed E-state index contributed by atoms with van der Waals surface area (Å²) in [6.07, 6.45) is 4.25. The Balaban J connectivity index is 2.00. The standard InChI is InChI=1S/C14H12FNO/c15-14-11(2-1-3-13(14)17)12-7-6-10(8-16-12)9-4-5-9/h1-3,6-9,17H,4-5H2. The minimum atomic E-state index is -0.612. The van der Waals surface area contributed by atoms with Crippen molar-refractivity contribution in [3.63, 3.8) is 0 Å². The highest BCUT2D eigenvalue weighted by atomic mass is 19.1. The molecule has 1 saturated carbocycles. The average Bonchev–Trinajstić information content (AvgIpc) is 3.17. The Hall–Kier alpha value is -1.90. The maximum atomic E-state index is 13.7. The van der Waals surface area contributed by atoms with Crippen molar-refractivity contribution >= 4 is 0 Å². The molecule has 3 rings (SSSR count). The van der Waals surface area contributed by atoms with Crippen LogP contribution in [0.15, 0.2) is 36.5 Å². The van der Waals surface area contributed by atoms with Gasteiger partial charge in [0.1, 0.15) is 0 Å². The zero-order valence-corrected chi connectivity index (χ0v) is 9.23. The Morgan fingerprint density at radius 3 is 2.65 bits per heavy atom. The molecule has 0 atom stereocenters. The molecule has 1 N–H and O–H groups in total. The first-order valence-electron chi connectivity index (χ1n) is 5.69. The molecule has 0 radical (unpaired) electrons. The number of hydrogen-bond acceptors (Lipinski definition) is 2. The fourth-order valence-electron chi connectivity index (χ4n) is 1.94. The van der Waals surface area contributed by atoms with E-state index in [1.165, 1.54) is 24.5 Å². The fourth-order valence-corrected chi connectivity index (χ4v) is 1.94. The summed E-state index contributed by atoms with van der Waals surface area (Å²) >= 11 is 0. The Morgan fingerprint density at radius 1 is 1.18 bits per heavy atom. The molecule has 2 nitrogen and oxygen atoms in total. The Labute approximate surface area is 98.8 Å². The third kappa shape index (κ3) is 1.88. The van der Waals surface area contributed by atoms with E-state index in [0.717, 1.165) is 0 Å². The van der Waals surface area contributed by atoms with Crippen LogP contribution in [0.3, 0.4) is 0 Å². The summed E-state index contributed by atoms with van der Waals surface area (Å²) in [4.78, 5) is 4.26. The van der Waals surface area contributed by atoms with Gasteiger partial charge in [-0.2, -0.15) is 0 Å². The van der Waals surface area contributed by atoms with Crippen molar-refractivity contribution in [2.45, 2.75) is 18.8 Å². The average molecular weight is 229 g/mol. The van der Waals surface area contributed by atoms with E-state index in [2.05, 4.69) is 4.98 Å². The van der Waals surface area contributed by atoms with Crippen LogP contribution in [0.1, 0.15) is 24.3 Å². The predicted octanol–water partition coefficient (Wildman–Crippen LogP) is 3.47. The molecule has 1 fully saturated rings. The molecule has 0 unspecified atom stereocenters. The van der Waals surface area contributed by atoms with E-state index < -0.39 is 5.82 Å². The van der Waals surface area contributed by atoms with E-state index in [0.29, 0.717) is 17.2 Å². The van der Waals surface area contributed by atoms with Crippen molar-refractivity contribution < 1.29 is 9.50 Å². The van der Waals surface area contributed by atoms with Crippen LogP contribution in [0.5, 0.6) is 5.75 Å². The van der Waals surface area contributed by atoms with E-state index in [9.17, 15) is 9.50 Å². The molecule has 1 aliphatic carbocycles. The maximum Gasteiger partial charge on any atom is 0.174 e. The molecular formula is C14H12FNO. The van der Waals surface area contributed by atoms with Crippen LogP contribution in [-0.2, 0) is 0 Å². The summed E-state index contributed by atoms with van der Waals surface area (Å²) in [6.45, 7) is 0. The second kappa shape index (κ2) is 3.84. The molecule has 1 heterocycles. The van der Waals surface area contributed by atoms with Crippen molar-refractivity contribution in [2.24, 2.45) is 0 Å². The minimum absolute atomic E-state index is 0.337. The summed E-state index contributed by atoms with van der Waals surface area (Å²) in [5.74, 6) is -0.305. The molecule has 2 aromatic rings. The van der Waals surface area contributed by atoms with Gasteiger partial charge >= 0.3 is 0 Å². The Bertz CT molecular complexity index is 547. The molecule has 0 aliphatic heterocycles. The molecule has 3 heteroatoms. The summed E-state index contributed by atoms with van der Waals surface area (Å²) in [6, 6.07) is 8.37. The molecule has 1 aliphatic rings. The molecular weight excluding hydrogens is 217 g/mol. The lowest BCUT2D eigenvalue weighted by Crippen LogP contribution is -1.89. The van der Waals surface area contributed by atoms with Crippen LogP contribution < -0.4 is 0 Å². The zero-order chi connectivity index (χ0) is 11.8. The third-order valence-electron chi connectivity index (χ3n) is 3.09. The first-order valence-corrected chi connectivity index (χ1v) is 5.69. The highest BCUT2D eigenvalue weighted by molar-refractivity contribution is 5.62. The lowest BCUT2D eigenvalue weighted by atomic mass is 10.1. The van der Waals surface area contributed by atoms with Crippen LogP contribution in [0, 0.1) is 5.82 Å². The van der Waals surface area contributed by atoms with Gasteiger partial charge in [-0.3, -0.25) is 4.98 Å². The SMILES string of the molecule is Oc1cccc(-c2ccc(C3CC3)cn2)c1F. The van der Waals surface area contributed by atoms with Gasteiger partial charge in [-0.1, -0.05) is 12.1 Å². The van der Waals surface area contributed by atoms with Gasteiger partial charge < -0.3 is 5.11 Å². The van der Waals surface area contributed by atoms with Crippen LogP contribution in [0.2, 0.25) is 0 Å². The largest absolute Gasteiger partial charge is 0.505 e. The lowest BCUT2D eigenvalue weighted by Gasteiger charge is -2.05. The Morgan fingerprint density at radius 2 is 2.00 bits per heavy atom. The normalized spacial score (nSPS) is 14.9. The molecule has 86 valence electrons. The summed E-state index contributed by atoms with van der Waals surface area (Å²) in [7, 11) is 0. The first kappa shape index (κ1) is 10.3. The molecule has 0 spiro atoms. The zero-order valence-electron chi connectivity index (χ0n) is 9.23. The summed E-state index contributed by atoms with van der Waals surface area (Å²) in [5.41, 5.74) is 2.12. The quantitative estimate of drug-likeness (QED) is 0.855. The number of benzene rings is 1. The summed E-state index contributed by atoms with van der Waals surface area (Å²) < 4.78 is 13.7. The third-order valence-corrected chi connectivity index (χ3v) is 3.09. The molecule has 0 saturated heterocycles. The monoisotopic (exact) mass is 229 g/mol. The number of pyridine rings is 1. The number of phenols is 1. The molecule has 0 amide bonds. The lowest BCUT2D eigenvalue weighted by molar-refractivity contribution is 0.433. The number of aromatic nitrogens is 1. The first-order chi connectivity index (χ1) is 8.25. The van der Waals surface area contributed by atoms with E-state index in [1.54, 1.807) is 18.3 Å². The summed E-state index contributed by atoms with van der Waals surface area (Å²) in [5, 5.41) is 9.31. The number of nitrogens with zero attached hydrogens (tertiary/aromatic N) is 1. The van der Waals surface area contributed by atoms with E-state index >= 15 is 0 Å². The van der Waals surface area contributed by atoms with Crippen molar-refractivity contribution in [1.29, 1.82) is 0 Å². The topological polar surface area (TPSA) is 33.1 Å². The van der Waals surface area contributed by atoms with Gasteiger partial charge in [0.2, 0.25) is 0 Å². The van der Waals surface area contributed by atoms with E-state index in [1.807, 2.05) is 12.1 Å². The van der Waals surface area contributed by atoms with Gasteiger partial charge in [-0.15, -0.1) is 0 Å². The second-order valence-corrected chi connectivity index (χ2v) is 4.39. The number of aromatic hydroxyl groups is 1. The molecule has 0 bridgehead atoms. The molecule has 1 aromatic carbocycles. The Kier molecular flexibility index (Phi) is 2.32. The molecule has 1 aromatic heterocycles. The predicted molar refractivity (Wildman–Crippen MR) is 63.3 cm³/mol. The highest BCUT2D eigenvalue weighted by Gasteiger charge is 2.23. The van der Waals surface area contributed by atoms with Crippen molar-refractivity contribution in [1.82, 2.24) is 4.98 Å². The van der Waals surface area contributed by atoms with Crippen LogP contribution in [0.25, 0.3) is 11.3 Å². The number of hydrogen-bond donors (Lipinski definition) is 1. The van der Waals surface area contributed by atoms with Gasteiger partial charge in [0.25, 0.3) is 0 Å². The second-order valence-electron chi connectivity index (χ2n) is 4.39. The smallest absolute Gasteiger partial charge is 0.174 e. The maximum absolute atomic E-state index is 13.7. The van der Waals surface area contributed by atoms with Gasteiger partial charge in [0.15, 0.2) is 11.6 Å². The van der Waals surface area contributed by atoms with Crippen molar-refractivity contribution in [3.05, 3.63) is 47.9 Å². The van der Waals surface area contributed by atoms with Crippen LogP contribution >= 0.6 is 0 Å². The number of rotatable bonds is 2. The van der Waals surface area contributed by atoms with Gasteiger partial charge in [0.05, 0.1) is 5.69 Å². The van der Waals surface area contributed by atoms with E-state index in [-0.39, 0.29) is 5.75 Å². The van der Waals surface area contributed by atoms with Crippen molar-refractivity contribution in [3.8, 4) is 17.0 Å². The van der Waals surface area contributed by atoms with E-state index in [4.69, 9.17) is 0 Å². The van der Waals surface area contributed by atoms with Gasteiger partial charge in [0, 0.05) is 11.8 Å². The van der Waals surface area contributed by atoms with Crippen LogP contribution in [0.4, 0.5) is 4.39 Å². The van der Waals surface area contributed by atoms with Crippen molar-refractivity contribution in [2.75, 3.05) is 0 Å². The van der Waals surface area contributed by atoms with Gasteiger partial charge in [-0.25, -0.2) is 4.39 Å². The molecule has 17 heavy (non-hydrogen) atoms. The highest BCUT2D eigenvalue weighted by Crippen LogP contribution is 2.40.